The highest BCUT2D eigenvalue weighted by atomic mass is 32.2. The Labute approximate surface area is 140 Å². The molecule has 2 aromatic carbocycles. The Kier molecular flexibility index (Phi) is 4.53. The number of hydrogen-bond donors (Lipinski definition) is 0. The lowest BCUT2D eigenvalue weighted by atomic mass is 10.0. The Morgan fingerprint density at radius 3 is 2.30 bits per heavy atom. The fourth-order valence-electron chi connectivity index (χ4n) is 2.87. The van der Waals surface area contributed by atoms with Crippen molar-refractivity contribution in [2.24, 2.45) is 0 Å². The number of rotatable bonds is 4. The molecular formula is C19H20N2OS. The van der Waals surface area contributed by atoms with Crippen LogP contribution in [0.2, 0.25) is 0 Å². The monoisotopic (exact) mass is 324 g/mol. The van der Waals surface area contributed by atoms with E-state index in [1.807, 2.05) is 52.5 Å². The first-order valence-electron chi connectivity index (χ1n) is 7.56. The molecule has 0 N–H and O–H groups in total. The van der Waals surface area contributed by atoms with Crippen molar-refractivity contribution in [3.63, 3.8) is 0 Å². The van der Waals surface area contributed by atoms with Gasteiger partial charge in [-0.3, -0.25) is 4.21 Å². The van der Waals surface area contributed by atoms with Gasteiger partial charge < -0.3 is 9.80 Å². The minimum atomic E-state index is -1.07. The van der Waals surface area contributed by atoms with Gasteiger partial charge in [-0.1, -0.05) is 35.9 Å². The van der Waals surface area contributed by atoms with Crippen LogP contribution in [0.5, 0.6) is 0 Å². The Bertz CT molecular complexity index is 732. The van der Waals surface area contributed by atoms with E-state index in [-0.39, 0.29) is 0 Å². The highest BCUT2D eigenvalue weighted by molar-refractivity contribution is 7.85. The predicted octanol–water partition coefficient (Wildman–Crippen LogP) is 3.97. The second kappa shape index (κ2) is 6.59. The summed E-state index contributed by atoms with van der Waals surface area (Å²) in [6.07, 6.45) is 3.88. The van der Waals surface area contributed by atoms with E-state index in [2.05, 4.69) is 39.6 Å². The average molecular weight is 324 g/mol. The van der Waals surface area contributed by atoms with Crippen LogP contribution in [0, 0.1) is 27.4 Å². The van der Waals surface area contributed by atoms with E-state index >= 15 is 0 Å². The lowest BCUT2D eigenvalue weighted by Gasteiger charge is -2.22. The van der Waals surface area contributed by atoms with E-state index in [1.54, 1.807) is 0 Å². The third-order valence-electron chi connectivity index (χ3n) is 3.77. The van der Waals surface area contributed by atoms with E-state index < -0.39 is 10.8 Å². The predicted molar refractivity (Wildman–Crippen MR) is 95.1 cm³/mol. The van der Waals surface area contributed by atoms with Crippen LogP contribution in [0.3, 0.4) is 0 Å². The Morgan fingerprint density at radius 2 is 1.65 bits per heavy atom. The zero-order valence-electron chi connectivity index (χ0n) is 13.6. The topological polar surface area (TPSA) is 23.6 Å². The summed E-state index contributed by atoms with van der Waals surface area (Å²) in [6.45, 7) is 9.59. The molecule has 0 aliphatic carbocycles. The molecule has 1 unspecified atom stereocenters. The summed E-state index contributed by atoms with van der Waals surface area (Å²) in [5, 5.41) is 0. The van der Waals surface area contributed by atoms with Crippen LogP contribution < -0.4 is 4.90 Å². The van der Waals surface area contributed by atoms with E-state index in [4.69, 9.17) is 0 Å². The SMILES string of the molecule is Cc1cc(C)c(N2[C]N(CS(=O)c3ccccc3)C=C2)c(C)c1. The molecule has 1 aliphatic heterocycles. The maximum atomic E-state index is 12.4. The zero-order chi connectivity index (χ0) is 16.4. The first-order valence-corrected chi connectivity index (χ1v) is 8.88. The molecule has 2 radical (unpaired) electrons. The third kappa shape index (κ3) is 3.48. The van der Waals surface area contributed by atoms with Crippen molar-refractivity contribution in [2.75, 3.05) is 10.8 Å². The summed E-state index contributed by atoms with van der Waals surface area (Å²) in [7, 11) is -1.07. The highest BCUT2D eigenvalue weighted by Gasteiger charge is 2.21. The third-order valence-corrected chi connectivity index (χ3v) is 5.08. The molecule has 0 saturated carbocycles. The quantitative estimate of drug-likeness (QED) is 0.850. The maximum Gasteiger partial charge on any atom is 0.213 e. The van der Waals surface area contributed by atoms with Gasteiger partial charge in [0.1, 0.15) is 5.88 Å². The van der Waals surface area contributed by atoms with Crippen LogP contribution in [0.4, 0.5) is 5.69 Å². The van der Waals surface area contributed by atoms with Gasteiger partial charge in [-0.05, 0) is 44.0 Å². The largest absolute Gasteiger partial charge is 0.334 e. The molecule has 0 amide bonds. The number of aryl methyl sites for hydroxylation is 3. The molecule has 0 fully saturated rings. The molecular weight excluding hydrogens is 304 g/mol. The van der Waals surface area contributed by atoms with Crippen molar-refractivity contribution in [3.05, 3.63) is 78.2 Å². The van der Waals surface area contributed by atoms with E-state index in [0.717, 1.165) is 10.6 Å². The van der Waals surface area contributed by atoms with E-state index in [1.165, 1.54) is 16.7 Å². The van der Waals surface area contributed by atoms with Crippen molar-refractivity contribution in [1.82, 2.24) is 4.90 Å². The molecule has 0 spiro atoms. The van der Waals surface area contributed by atoms with Crippen molar-refractivity contribution in [2.45, 2.75) is 25.7 Å². The minimum absolute atomic E-state index is 0.404. The molecule has 23 heavy (non-hydrogen) atoms. The zero-order valence-corrected chi connectivity index (χ0v) is 14.4. The van der Waals surface area contributed by atoms with Crippen LogP contribution >= 0.6 is 0 Å². The minimum Gasteiger partial charge on any atom is -0.334 e. The van der Waals surface area contributed by atoms with Gasteiger partial charge in [0, 0.05) is 23.0 Å². The fraction of sp³-hybridized carbons (Fsp3) is 0.211. The molecule has 0 bridgehead atoms. The molecule has 3 rings (SSSR count). The van der Waals surface area contributed by atoms with Gasteiger partial charge in [0.05, 0.1) is 10.8 Å². The van der Waals surface area contributed by atoms with Gasteiger partial charge in [0.25, 0.3) is 0 Å². The van der Waals surface area contributed by atoms with Crippen molar-refractivity contribution >= 4 is 16.5 Å². The Hall–Kier alpha value is -2.07. The summed E-state index contributed by atoms with van der Waals surface area (Å²) in [5.74, 6) is 0.404. The summed E-state index contributed by atoms with van der Waals surface area (Å²) >= 11 is 0. The van der Waals surface area contributed by atoms with Gasteiger partial charge in [0.2, 0.25) is 6.67 Å². The average Bonchev–Trinajstić information content (AvgIpc) is 2.95. The number of anilines is 1. The second-order valence-electron chi connectivity index (χ2n) is 5.77. The van der Waals surface area contributed by atoms with Crippen molar-refractivity contribution in [3.8, 4) is 0 Å². The lowest BCUT2D eigenvalue weighted by molar-refractivity contribution is 0.539. The van der Waals surface area contributed by atoms with Gasteiger partial charge in [-0.25, -0.2) is 0 Å². The summed E-state index contributed by atoms with van der Waals surface area (Å²) in [4.78, 5) is 4.66. The first kappa shape index (κ1) is 15.8. The number of benzene rings is 2. The molecule has 1 atom stereocenters. The highest BCUT2D eigenvalue weighted by Crippen LogP contribution is 2.30. The van der Waals surface area contributed by atoms with Crippen molar-refractivity contribution in [1.29, 1.82) is 0 Å². The Balaban J connectivity index is 1.70. The normalized spacial score (nSPS) is 15.3. The standard InChI is InChI=1S/C19H20N2OS/c1-15-11-16(2)19(17(3)12-15)21-10-9-20(13-21)14-23(22)18-7-5-4-6-8-18/h4-12H,14H2,1-3H3. The number of hydrogen-bond acceptors (Lipinski definition) is 3. The van der Waals surface area contributed by atoms with Crippen LogP contribution in [0.1, 0.15) is 16.7 Å². The molecule has 118 valence electrons. The van der Waals surface area contributed by atoms with Crippen LogP contribution in [0.25, 0.3) is 0 Å². The molecule has 3 nitrogen and oxygen atoms in total. The summed E-state index contributed by atoms with van der Waals surface area (Å²) in [6, 6.07) is 13.9. The number of nitrogens with zero attached hydrogens (tertiary/aromatic N) is 2. The molecule has 1 heterocycles. The van der Waals surface area contributed by atoms with E-state index in [0.29, 0.717) is 5.88 Å². The molecule has 2 aromatic rings. The molecule has 0 saturated heterocycles. The summed E-state index contributed by atoms with van der Waals surface area (Å²) in [5.41, 5.74) is 4.82. The lowest BCUT2D eigenvalue weighted by Crippen LogP contribution is -2.23. The fourth-order valence-corrected chi connectivity index (χ4v) is 3.88. The smallest absolute Gasteiger partial charge is 0.213 e. The first-order chi connectivity index (χ1) is 11.0. The maximum absolute atomic E-state index is 12.4. The van der Waals surface area contributed by atoms with Gasteiger partial charge in [-0.2, -0.15) is 0 Å². The second-order valence-corrected chi connectivity index (χ2v) is 7.19. The summed E-state index contributed by atoms with van der Waals surface area (Å²) < 4.78 is 12.4. The van der Waals surface area contributed by atoms with Crippen LogP contribution in [-0.4, -0.2) is 15.0 Å². The molecule has 1 aliphatic rings. The van der Waals surface area contributed by atoms with Gasteiger partial charge in [0.15, 0.2) is 0 Å². The Morgan fingerprint density at radius 1 is 1.00 bits per heavy atom. The molecule has 4 heteroatoms. The molecule has 0 aromatic heterocycles. The van der Waals surface area contributed by atoms with Gasteiger partial charge in [-0.15, -0.1) is 0 Å². The van der Waals surface area contributed by atoms with E-state index in [9.17, 15) is 4.21 Å². The van der Waals surface area contributed by atoms with Crippen LogP contribution in [-0.2, 0) is 10.8 Å². The van der Waals surface area contributed by atoms with Gasteiger partial charge >= 0.3 is 0 Å². The van der Waals surface area contributed by atoms with Crippen molar-refractivity contribution < 1.29 is 4.21 Å². The van der Waals surface area contributed by atoms with Crippen LogP contribution in [0.15, 0.2) is 59.8 Å².